The summed E-state index contributed by atoms with van der Waals surface area (Å²) in [5, 5.41) is 2.89. The van der Waals surface area contributed by atoms with E-state index in [0.717, 1.165) is 5.56 Å². The molecule has 0 saturated heterocycles. The molecule has 1 heteroatoms. The Labute approximate surface area is 67.4 Å². The van der Waals surface area contributed by atoms with E-state index in [1.165, 1.54) is 0 Å². The van der Waals surface area contributed by atoms with Crippen molar-refractivity contribution < 1.29 is 0 Å². The topological polar surface area (TPSA) is 12.0 Å². The summed E-state index contributed by atoms with van der Waals surface area (Å²) in [6, 6.07) is 10.4. The molecule has 1 N–H and O–H groups in total. The van der Waals surface area contributed by atoms with Crippen molar-refractivity contribution in [3.63, 3.8) is 0 Å². The molecule has 0 spiro atoms. The van der Waals surface area contributed by atoms with Gasteiger partial charge in [-0.2, -0.15) is 0 Å². The molecule has 1 nitrogen and oxygen atoms in total. The van der Waals surface area contributed by atoms with Crippen molar-refractivity contribution in [3.05, 3.63) is 48.4 Å². The number of nitrogens with one attached hydrogen (secondary N) is 1. The predicted molar refractivity (Wildman–Crippen MR) is 45.0 cm³/mol. The van der Waals surface area contributed by atoms with E-state index in [-0.39, 0.29) is 0 Å². The summed E-state index contributed by atoms with van der Waals surface area (Å²) in [7, 11) is 1.78. The van der Waals surface area contributed by atoms with Gasteiger partial charge in [0.1, 0.15) is 0 Å². The van der Waals surface area contributed by atoms with E-state index in [1.807, 2.05) is 30.3 Å². The maximum absolute atomic E-state index is 6.95. The molecule has 0 atom stereocenters. The zero-order valence-corrected chi connectivity index (χ0v) is 6.39. The summed E-state index contributed by atoms with van der Waals surface area (Å²) < 4.78 is 0. The second-order valence-electron chi connectivity index (χ2n) is 2.12. The van der Waals surface area contributed by atoms with Crippen LogP contribution in [0.25, 0.3) is 0 Å². The van der Waals surface area contributed by atoms with E-state index >= 15 is 0 Å². The van der Waals surface area contributed by atoms with Gasteiger partial charge < -0.3 is 0 Å². The minimum absolute atomic E-state index is 0.714. The molecule has 0 amide bonds. The molecule has 1 rings (SSSR count). The van der Waals surface area contributed by atoms with Gasteiger partial charge in [-0.3, -0.25) is 0 Å². The van der Waals surface area contributed by atoms with Gasteiger partial charge in [-0.15, -0.1) is 0 Å². The van der Waals surface area contributed by atoms with Crippen LogP contribution in [0.2, 0.25) is 0 Å². The van der Waals surface area contributed by atoms with Crippen LogP contribution in [0.4, 0.5) is 0 Å². The Morgan fingerprint density at radius 3 is 2.45 bits per heavy atom. The van der Waals surface area contributed by atoms with Gasteiger partial charge in [0.15, 0.2) is 0 Å². The van der Waals surface area contributed by atoms with Gasteiger partial charge in [0.25, 0.3) is 0 Å². The van der Waals surface area contributed by atoms with Crippen LogP contribution in [-0.2, 0) is 0 Å². The molecule has 11 heavy (non-hydrogen) atoms. The SMILES string of the molecule is [C+]#C[C-](NC)c1ccccc1. The zero-order valence-electron chi connectivity index (χ0n) is 6.39. The van der Waals surface area contributed by atoms with E-state index in [0.29, 0.717) is 6.04 Å². The first-order chi connectivity index (χ1) is 5.38. The van der Waals surface area contributed by atoms with Crippen LogP contribution in [-0.4, -0.2) is 7.05 Å². The van der Waals surface area contributed by atoms with Crippen LogP contribution >= 0.6 is 0 Å². The average molecular weight is 143 g/mol. The molecule has 0 heterocycles. The molecule has 0 unspecified atom stereocenters. The quantitative estimate of drug-likeness (QED) is 0.487. The van der Waals surface area contributed by atoms with Gasteiger partial charge >= 0.3 is 66.6 Å². The van der Waals surface area contributed by atoms with E-state index in [2.05, 4.69) is 11.2 Å². The third kappa shape index (κ3) is 1.87. The average Bonchev–Trinajstić information content (AvgIpc) is 2.09. The molecular weight excluding hydrogens is 134 g/mol. The number of hydrogen-bond donors (Lipinski definition) is 1. The molecule has 0 fully saturated rings. The number of benzene rings is 1. The Hall–Kier alpha value is -1.17. The van der Waals surface area contributed by atoms with Crippen LogP contribution in [0.15, 0.2) is 30.3 Å². The van der Waals surface area contributed by atoms with Crippen molar-refractivity contribution in [3.8, 4) is 5.92 Å². The van der Waals surface area contributed by atoms with Crippen molar-refractivity contribution in [2.45, 2.75) is 0 Å². The van der Waals surface area contributed by atoms with E-state index < -0.39 is 0 Å². The Kier molecular flexibility index (Phi) is 2.79. The monoisotopic (exact) mass is 143 g/mol. The van der Waals surface area contributed by atoms with Gasteiger partial charge in [-0.1, -0.05) is 0 Å². The Morgan fingerprint density at radius 1 is 1.36 bits per heavy atom. The summed E-state index contributed by atoms with van der Waals surface area (Å²) >= 11 is 0. The van der Waals surface area contributed by atoms with Crippen LogP contribution < -0.4 is 5.32 Å². The third-order valence-electron chi connectivity index (χ3n) is 1.44. The number of hydrogen-bond acceptors (Lipinski definition) is 1. The van der Waals surface area contributed by atoms with Gasteiger partial charge in [-0.05, 0) is 0 Å². The van der Waals surface area contributed by atoms with Crippen molar-refractivity contribution in [2.24, 2.45) is 0 Å². The fourth-order valence-corrected chi connectivity index (χ4v) is 0.884. The van der Waals surface area contributed by atoms with Crippen LogP contribution in [0.1, 0.15) is 5.56 Å². The van der Waals surface area contributed by atoms with Gasteiger partial charge in [0.2, 0.25) is 0 Å². The summed E-state index contributed by atoms with van der Waals surface area (Å²) in [5.74, 6) is 2.32. The van der Waals surface area contributed by atoms with Crippen LogP contribution in [0.5, 0.6) is 0 Å². The molecule has 0 aliphatic carbocycles. The normalized spacial score (nSPS) is 9.00. The molecule has 0 radical (unpaired) electrons. The van der Waals surface area contributed by atoms with Gasteiger partial charge in [0, 0.05) is 0 Å². The second kappa shape index (κ2) is 3.87. The van der Waals surface area contributed by atoms with E-state index in [1.54, 1.807) is 7.05 Å². The summed E-state index contributed by atoms with van der Waals surface area (Å²) in [6.07, 6.45) is 6.95. The Bertz CT molecular complexity index is 245. The van der Waals surface area contributed by atoms with E-state index in [4.69, 9.17) is 6.42 Å². The predicted octanol–water partition coefficient (Wildman–Crippen LogP) is 1.38. The standard InChI is InChI=1S/C10H9N/c1-3-10(11-2)9-7-5-4-6-8-9/h4-8,11H,2H3. The van der Waals surface area contributed by atoms with Gasteiger partial charge in [-0.25, -0.2) is 0 Å². The fraction of sp³-hybridized carbons (Fsp3) is 0.100. The van der Waals surface area contributed by atoms with Crippen molar-refractivity contribution in [1.29, 1.82) is 0 Å². The molecule has 1 aromatic rings. The molecule has 0 saturated carbocycles. The van der Waals surface area contributed by atoms with E-state index in [9.17, 15) is 0 Å². The summed E-state index contributed by atoms with van der Waals surface area (Å²) in [4.78, 5) is 0. The fourth-order valence-electron chi connectivity index (χ4n) is 0.884. The van der Waals surface area contributed by atoms with Crippen molar-refractivity contribution in [1.82, 2.24) is 5.32 Å². The Morgan fingerprint density at radius 2 is 2.00 bits per heavy atom. The minimum atomic E-state index is 0.714. The third-order valence-corrected chi connectivity index (χ3v) is 1.44. The first kappa shape index (κ1) is 7.93. The summed E-state index contributed by atoms with van der Waals surface area (Å²) in [6.45, 7) is 0. The maximum atomic E-state index is 6.95. The van der Waals surface area contributed by atoms with Gasteiger partial charge in [0.05, 0.1) is 0 Å². The molecule has 1 aromatic carbocycles. The second-order valence-corrected chi connectivity index (χ2v) is 2.12. The molecule has 0 aliphatic rings. The first-order valence-electron chi connectivity index (χ1n) is 3.41. The molecule has 0 bridgehead atoms. The molecular formula is C10H9N. The molecule has 54 valence electrons. The van der Waals surface area contributed by atoms with Crippen molar-refractivity contribution >= 4 is 0 Å². The van der Waals surface area contributed by atoms with Crippen molar-refractivity contribution in [2.75, 3.05) is 7.05 Å². The van der Waals surface area contributed by atoms with Crippen LogP contribution in [0.3, 0.4) is 0 Å². The Balaban J connectivity index is 2.85. The number of rotatable bonds is 2. The zero-order chi connectivity index (χ0) is 8.10. The molecule has 0 aromatic heterocycles. The van der Waals surface area contributed by atoms with Crippen LogP contribution in [0, 0.1) is 18.4 Å². The first-order valence-corrected chi connectivity index (χ1v) is 3.41. The summed E-state index contributed by atoms with van der Waals surface area (Å²) in [5.41, 5.74) is 0.991. The molecule has 0 aliphatic heterocycles.